The molecule has 0 spiro atoms. The van der Waals surface area contributed by atoms with Crippen LogP contribution < -0.4 is 5.73 Å². The molecule has 2 aromatic heterocycles. The molecule has 2 heterocycles. The van der Waals surface area contributed by atoms with Crippen LogP contribution in [-0.2, 0) is 6.18 Å². The number of hydrogen-bond acceptors (Lipinski definition) is 4. The maximum atomic E-state index is 12.2. The van der Waals surface area contributed by atoms with Crippen LogP contribution in [0.2, 0.25) is 0 Å². The second-order valence-corrected chi connectivity index (χ2v) is 3.04. The highest BCUT2D eigenvalue weighted by atomic mass is 19.4. The summed E-state index contributed by atoms with van der Waals surface area (Å²) >= 11 is 0. The molecule has 0 atom stereocenters. The van der Waals surface area contributed by atoms with Gasteiger partial charge in [-0.05, 0) is 12.1 Å². The number of rotatable bonds is 1. The van der Waals surface area contributed by atoms with Crippen LogP contribution in [0.4, 0.5) is 19.1 Å². The smallest absolute Gasteiger partial charge is 0.368 e. The van der Waals surface area contributed by atoms with E-state index in [9.17, 15) is 13.2 Å². The lowest BCUT2D eigenvalue weighted by atomic mass is 10.2. The molecule has 0 amide bonds. The van der Waals surface area contributed by atoms with Crippen molar-refractivity contribution in [1.29, 1.82) is 0 Å². The first kappa shape index (κ1) is 10.5. The Kier molecular flexibility index (Phi) is 2.30. The SMILES string of the molecule is Nc1cc(-c2ccc(C(F)(F)F)nc2)no1. The lowest BCUT2D eigenvalue weighted by Crippen LogP contribution is -2.07. The van der Waals surface area contributed by atoms with E-state index in [1.807, 2.05) is 0 Å². The molecule has 0 aliphatic rings. The van der Waals surface area contributed by atoms with Gasteiger partial charge in [0.1, 0.15) is 11.4 Å². The van der Waals surface area contributed by atoms with Gasteiger partial charge < -0.3 is 10.3 Å². The number of nitrogens with zero attached hydrogens (tertiary/aromatic N) is 2. The minimum absolute atomic E-state index is 0.0925. The number of pyridine rings is 1. The Morgan fingerprint density at radius 1 is 1.25 bits per heavy atom. The van der Waals surface area contributed by atoms with Crippen molar-refractivity contribution in [2.75, 3.05) is 5.73 Å². The summed E-state index contributed by atoms with van der Waals surface area (Å²) in [7, 11) is 0. The number of nitrogens with two attached hydrogens (primary N) is 1. The average Bonchev–Trinajstić information content (AvgIpc) is 2.64. The van der Waals surface area contributed by atoms with Gasteiger partial charge in [-0.25, -0.2) is 0 Å². The first-order valence-electron chi connectivity index (χ1n) is 4.22. The molecular weight excluding hydrogens is 223 g/mol. The lowest BCUT2D eigenvalue weighted by Gasteiger charge is -2.04. The Bertz CT molecular complexity index is 489. The van der Waals surface area contributed by atoms with Crippen LogP contribution in [0, 0.1) is 0 Å². The largest absolute Gasteiger partial charge is 0.433 e. The molecule has 0 saturated heterocycles. The Morgan fingerprint density at radius 3 is 2.44 bits per heavy atom. The van der Waals surface area contributed by atoms with Crippen molar-refractivity contribution in [3.63, 3.8) is 0 Å². The molecule has 84 valence electrons. The molecule has 0 aromatic carbocycles. The van der Waals surface area contributed by atoms with E-state index in [-0.39, 0.29) is 5.88 Å². The van der Waals surface area contributed by atoms with Gasteiger partial charge in [-0.3, -0.25) is 4.98 Å². The predicted octanol–water partition coefficient (Wildman–Crippen LogP) is 2.34. The molecule has 2 N–H and O–H groups in total. The molecule has 0 unspecified atom stereocenters. The van der Waals surface area contributed by atoms with Gasteiger partial charge in [0.2, 0.25) is 5.88 Å². The Labute approximate surface area is 87.9 Å². The predicted molar refractivity (Wildman–Crippen MR) is 49.1 cm³/mol. The summed E-state index contributed by atoms with van der Waals surface area (Å²) in [6, 6.07) is 3.54. The van der Waals surface area contributed by atoms with Crippen LogP contribution >= 0.6 is 0 Å². The zero-order valence-corrected chi connectivity index (χ0v) is 7.82. The van der Waals surface area contributed by atoms with E-state index in [4.69, 9.17) is 5.73 Å². The number of aromatic nitrogens is 2. The van der Waals surface area contributed by atoms with Crippen LogP contribution in [0.5, 0.6) is 0 Å². The molecule has 0 aliphatic carbocycles. The third-order valence-corrected chi connectivity index (χ3v) is 1.88. The van der Waals surface area contributed by atoms with E-state index >= 15 is 0 Å². The zero-order valence-electron chi connectivity index (χ0n) is 7.82. The lowest BCUT2D eigenvalue weighted by molar-refractivity contribution is -0.141. The van der Waals surface area contributed by atoms with Crippen LogP contribution in [0.15, 0.2) is 28.9 Å². The fourth-order valence-electron chi connectivity index (χ4n) is 1.14. The summed E-state index contributed by atoms with van der Waals surface area (Å²) < 4.78 is 41.2. The van der Waals surface area contributed by atoms with Gasteiger partial charge in [-0.2, -0.15) is 13.2 Å². The monoisotopic (exact) mass is 229 g/mol. The normalized spacial score (nSPS) is 11.7. The van der Waals surface area contributed by atoms with Crippen LogP contribution in [0.3, 0.4) is 0 Å². The maximum absolute atomic E-state index is 12.2. The average molecular weight is 229 g/mol. The van der Waals surface area contributed by atoms with Crippen molar-refractivity contribution in [1.82, 2.24) is 10.1 Å². The van der Waals surface area contributed by atoms with E-state index in [2.05, 4.69) is 14.7 Å². The second-order valence-electron chi connectivity index (χ2n) is 3.04. The van der Waals surface area contributed by atoms with Gasteiger partial charge in [0, 0.05) is 17.8 Å². The van der Waals surface area contributed by atoms with Gasteiger partial charge in [0.05, 0.1) is 0 Å². The van der Waals surface area contributed by atoms with Crippen LogP contribution in [0.1, 0.15) is 5.69 Å². The highest BCUT2D eigenvalue weighted by Gasteiger charge is 2.32. The zero-order chi connectivity index (χ0) is 11.8. The first-order chi connectivity index (χ1) is 7.47. The third-order valence-electron chi connectivity index (χ3n) is 1.88. The standard InChI is InChI=1S/C9H6F3N3O/c10-9(11,12)7-2-1-5(4-14-7)6-3-8(13)16-15-6/h1-4H,13H2. The van der Waals surface area contributed by atoms with E-state index in [0.717, 1.165) is 12.3 Å². The summed E-state index contributed by atoms with van der Waals surface area (Å²) in [6.45, 7) is 0. The number of anilines is 1. The minimum Gasteiger partial charge on any atom is -0.368 e. The van der Waals surface area contributed by atoms with Crippen molar-refractivity contribution in [2.45, 2.75) is 6.18 Å². The molecular formula is C9H6F3N3O. The summed E-state index contributed by atoms with van der Waals surface area (Å²) in [5.41, 5.74) is 5.09. The molecule has 4 nitrogen and oxygen atoms in total. The molecule has 16 heavy (non-hydrogen) atoms. The van der Waals surface area contributed by atoms with E-state index in [1.165, 1.54) is 12.1 Å². The van der Waals surface area contributed by atoms with Gasteiger partial charge in [0.15, 0.2) is 0 Å². The molecule has 2 rings (SSSR count). The molecule has 2 aromatic rings. The summed E-state index contributed by atoms with van der Waals surface area (Å²) in [4.78, 5) is 3.29. The van der Waals surface area contributed by atoms with Crippen molar-refractivity contribution >= 4 is 5.88 Å². The summed E-state index contributed by atoms with van der Waals surface area (Å²) in [6.07, 6.45) is -3.37. The first-order valence-corrected chi connectivity index (χ1v) is 4.22. The van der Waals surface area contributed by atoms with Gasteiger partial charge in [0.25, 0.3) is 0 Å². The Hall–Kier alpha value is -2.05. The highest BCUT2D eigenvalue weighted by Crippen LogP contribution is 2.28. The molecule has 0 bridgehead atoms. The second kappa shape index (κ2) is 3.51. The summed E-state index contributed by atoms with van der Waals surface area (Å²) in [5, 5.41) is 3.56. The van der Waals surface area contributed by atoms with Crippen molar-refractivity contribution < 1.29 is 17.7 Å². The molecule has 0 saturated carbocycles. The van der Waals surface area contributed by atoms with Crippen molar-refractivity contribution in [3.05, 3.63) is 30.1 Å². The minimum atomic E-state index is -4.44. The highest BCUT2D eigenvalue weighted by molar-refractivity contribution is 5.59. The Morgan fingerprint density at radius 2 is 2.00 bits per heavy atom. The molecule has 7 heteroatoms. The van der Waals surface area contributed by atoms with Gasteiger partial charge in [-0.15, -0.1) is 0 Å². The van der Waals surface area contributed by atoms with E-state index < -0.39 is 11.9 Å². The van der Waals surface area contributed by atoms with Gasteiger partial charge in [-0.1, -0.05) is 5.16 Å². The van der Waals surface area contributed by atoms with Gasteiger partial charge >= 0.3 is 6.18 Å². The molecule has 0 fully saturated rings. The topological polar surface area (TPSA) is 64.9 Å². The maximum Gasteiger partial charge on any atom is 0.433 e. The van der Waals surface area contributed by atoms with Crippen LogP contribution in [-0.4, -0.2) is 10.1 Å². The van der Waals surface area contributed by atoms with Crippen molar-refractivity contribution in [2.24, 2.45) is 0 Å². The fraction of sp³-hybridized carbons (Fsp3) is 0.111. The molecule has 0 aliphatic heterocycles. The summed E-state index contributed by atoms with van der Waals surface area (Å²) in [5.74, 6) is 0.0925. The molecule has 0 radical (unpaired) electrons. The van der Waals surface area contributed by atoms with Crippen LogP contribution in [0.25, 0.3) is 11.3 Å². The number of hydrogen-bond donors (Lipinski definition) is 1. The fourth-order valence-corrected chi connectivity index (χ4v) is 1.14. The number of nitrogen functional groups attached to an aromatic ring is 1. The van der Waals surface area contributed by atoms with Crippen molar-refractivity contribution in [3.8, 4) is 11.3 Å². The number of halogens is 3. The quantitative estimate of drug-likeness (QED) is 0.815. The van der Waals surface area contributed by atoms with E-state index in [0.29, 0.717) is 11.3 Å². The number of alkyl halides is 3. The van der Waals surface area contributed by atoms with E-state index in [1.54, 1.807) is 0 Å². The Balaban J connectivity index is 2.33. The third kappa shape index (κ3) is 1.97.